The van der Waals surface area contributed by atoms with Crippen molar-refractivity contribution in [3.8, 4) is 0 Å². The van der Waals surface area contributed by atoms with Crippen LogP contribution in [0.15, 0.2) is 18.2 Å². The van der Waals surface area contributed by atoms with E-state index < -0.39 is 161 Å². The number of nitrogens with zero attached hydrogens (tertiary/aromatic N) is 7. The Bertz CT molecular complexity index is 2740. The third-order valence-corrected chi connectivity index (χ3v) is 18.7. The zero-order valence-corrected chi connectivity index (χ0v) is 55.1. The number of hydrogen-bond donors (Lipinski definition) is 4. The summed E-state index contributed by atoms with van der Waals surface area (Å²) in [4.78, 5) is 167. The number of alkyl halides is 3. The first-order chi connectivity index (χ1) is 41.6. The Labute approximate surface area is 527 Å². The minimum absolute atomic E-state index is 0.0344. The molecule has 0 aromatic heterocycles. The molecule has 2 saturated heterocycles. The summed E-state index contributed by atoms with van der Waals surface area (Å²) < 4.78 is 41.2. The van der Waals surface area contributed by atoms with Gasteiger partial charge in [0.05, 0.1) is 30.2 Å². The van der Waals surface area contributed by atoms with Crippen LogP contribution in [-0.2, 0) is 65.3 Å². The van der Waals surface area contributed by atoms with Crippen LogP contribution in [0, 0.1) is 23.7 Å². The van der Waals surface area contributed by atoms with E-state index in [0.29, 0.717) is 24.8 Å². The Hall–Kier alpha value is -6.53. The van der Waals surface area contributed by atoms with Gasteiger partial charge in [-0.25, -0.2) is 0 Å². The second-order valence-electron chi connectivity index (χ2n) is 26.2. The summed E-state index contributed by atoms with van der Waals surface area (Å²) in [5.74, 6) is -7.83. The van der Waals surface area contributed by atoms with E-state index in [4.69, 9.17) is 11.6 Å². The molecule has 2 heterocycles. The molecule has 26 heteroatoms. The molecule has 1 unspecified atom stereocenters. The minimum atomic E-state index is -4.74. The largest absolute Gasteiger partial charge is 0.417 e. The van der Waals surface area contributed by atoms with Crippen molar-refractivity contribution in [1.29, 1.82) is 0 Å². The molecule has 4 fully saturated rings. The lowest BCUT2D eigenvalue weighted by Gasteiger charge is -2.46. The molecule has 89 heavy (non-hydrogen) atoms. The average Bonchev–Trinajstić information content (AvgIpc) is 2.54. The van der Waals surface area contributed by atoms with Gasteiger partial charge in [0, 0.05) is 61.3 Å². The molecule has 498 valence electrons. The van der Waals surface area contributed by atoms with Crippen LogP contribution < -0.4 is 21.3 Å². The van der Waals surface area contributed by atoms with Gasteiger partial charge in [0.1, 0.15) is 41.8 Å². The molecule has 1 spiro atoms. The van der Waals surface area contributed by atoms with Crippen LogP contribution in [-0.4, -0.2) is 216 Å². The number of aryl methyl sites for hydroxylation is 1. The number of likely N-dealkylation sites (N-methyl/N-ethyl adjacent to an activating group) is 6. The minimum Gasteiger partial charge on any atom is -0.351 e. The SMILES string of the molecule is CCC(C)[C@@H]1NC(=O)[C@H](CC(C)C)N(C)C(=O)C[C@@H](C)NC(=O)[C@H](C(C)C)N(C)C(=O)C2(CCC2)NC(=O)[C@@H]2CCCN2C(=O)[C@H](CCc2ccc(C(F)(F)F)c(Cl)c2)NC(=O)CN(C)C(=O)[C@H](CC2CCCCC2)N(C)C(=O)CN(C)C(=O)CN(C)C1=O. The Morgan fingerprint density at radius 1 is 0.663 bits per heavy atom. The van der Waals surface area contributed by atoms with Gasteiger partial charge in [0.2, 0.25) is 65.0 Å². The summed E-state index contributed by atoms with van der Waals surface area (Å²) in [5, 5.41) is 10.9. The number of hydrogen-bond acceptors (Lipinski definition) is 11. The third kappa shape index (κ3) is 19.0. The fourth-order valence-corrected chi connectivity index (χ4v) is 12.9. The molecule has 0 radical (unpaired) electrons. The highest BCUT2D eigenvalue weighted by molar-refractivity contribution is 6.31. The molecule has 4 aliphatic rings. The van der Waals surface area contributed by atoms with Crippen LogP contribution in [0.25, 0.3) is 0 Å². The predicted octanol–water partition coefficient (Wildman–Crippen LogP) is 4.77. The Morgan fingerprint density at radius 3 is 1.85 bits per heavy atom. The van der Waals surface area contributed by atoms with Crippen LogP contribution in [0.4, 0.5) is 13.2 Å². The number of carbonyl (C=O) groups is 11. The van der Waals surface area contributed by atoms with Gasteiger partial charge < -0.3 is 55.6 Å². The summed E-state index contributed by atoms with van der Waals surface area (Å²) in [6.07, 6.45) is 1.51. The molecule has 22 nitrogen and oxygen atoms in total. The van der Waals surface area contributed by atoms with Crippen LogP contribution >= 0.6 is 11.6 Å². The van der Waals surface area contributed by atoms with Crippen molar-refractivity contribution in [3.63, 3.8) is 0 Å². The van der Waals surface area contributed by atoms with Gasteiger partial charge in [-0.05, 0) is 106 Å². The summed E-state index contributed by atoms with van der Waals surface area (Å²) in [7, 11) is 8.52. The zero-order valence-electron chi connectivity index (χ0n) is 54.4. The number of halogens is 4. The first-order valence-electron chi connectivity index (χ1n) is 31.5. The molecule has 2 aliphatic carbocycles. The smallest absolute Gasteiger partial charge is 0.351 e. The molecule has 11 amide bonds. The maximum Gasteiger partial charge on any atom is 0.417 e. The lowest BCUT2D eigenvalue weighted by Crippen LogP contribution is -2.68. The lowest BCUT2D eigenvalue weighted by molar-refractivity contribution is -0.152. The first kappa shape index (κ1) is 73.2. The van der Waals surface area contributed by atoms with Crippen LogP contribution in [0.2, 0.25) is 5.02 Å². The number of fused-ring (bicyclic) bond motifs is 1. The normalized spacial score (nSPS) is 26.3. The Morgan fingerprint density at radius 2 is 1.28 bits per heavy atom. The number of rotatable bonds is 10. The van der Waals surface area contributed by atoms with Gasteiger partial charge in [-0.2, -0.15) is 13.2 Å². The number of carbonyl (C=O) groups excluding carboxylic acids is 11. The molecular weight excluding hydrogens is 1180 g/mol. The molecule has 5 rings (SSSR count). The Balaban J connectivity index is 1.53. The number of benzene rings is 1. The standard InChI is InChI=1S/C63H97ClF3N11O11/c1-14-39(6)53-60(88)74(10)35-51(81)72(8)36-52(82)76(12)48(33-41-20-16-15-17-21-41)59(87)73(9)34-49(79)69-45(26-24-42-23-25-43(44(64)32-42)63(65,66)67)58(86)78-29-18-22-46(78)56(84)71-62(27-19-28-62)61(89)77(13)54(38(4)5)57(85)68-40(7)31-50(80)75(11)47(30-37(2)3)55(83)70-53/h23,25,32,37-41,45-48,53-54H,14-22,24,26-31,33-36H2,1-13H3,(H,68,85)(H,69,79)(H,70,83)(H,71,84)/t39?,40-,45+,46+,47+,48+,53+,54+/m1/s1. The molecule has 4 N–H and O–H groups in total. The molecular formula is C63H97ClF3N11O11. The van der Waals surface area contributed by atoms with Gasteiger partial charge >= 0.3 is 6.18 Å². The quantitative estimate of drug-likeness (QED) is 0.248. The van der Waals surface area contributed by atoms with Crippen LogP contribution in [0.5, 0.6) is 0 Å². The van der Waals surface area contributed by atoms with E-state index in [0.717, 1.165) is 58.9 Å². The molecule has 2 aliphatic heterocycles. The maximum absolute atomic E-state index is 14.9. The highest BCUT2D eigenvalue weighted by Gasteiger charge is 2.51. The van der Waals surface area contributed by atoms with Crippen molar-refractivity contribution >= 4 is 76.6 Å². The summed E-state index contributed by atoms with van der Waals surface area (Å²) in [5.41, 5.74) is -2.22. The highest BCUT2D eigenvalue weighted by Crippen LogP contribution is 2.37. The van der Waals surface area contributed by atoms with E-state index in [-0.39, 0.29) is 69.7 Å². The maximum atomic E-state index is 14.9. The predicted molar refractivity (Wildman–Crippen MR) is 328 cm³/mol. The van der Waals surface area contributed by atoms with Crippen molar-refractivity contribution in [1.82, 2.24) is 55.6 Å². The summed E-state index contributed by atoms with van der Waals surface area (Å²) in [6.45, 7) is 10.9. The van der Waals surface area contributed by atoms with Gasteiger partial charge in [-0.1, -0.05) is 97.7 Å². The number of nitrogens with one attached hydrogen (secondary N) is 4. The average molecular weight is 1280 g/mol. The van der Waals surface area contributed by atoms with E-state index >= 15 is 0 Å². The third-order valence-electron chi connectivity index (χ3n) is 18.4. The van der Waals surface area contributed by atoms with E-state index in [9.17, 15) is 65.9 Å². The van der Waals surface area contributed by atoms with Gasteiger partial charge in [0.15, 0.2) is 0 Å². The highest BCUT2D eigenvalue weighted by atomic mass is 35.5. The summed E-state index contributed by atoms with van der Waals surface area (Å²) >= 11 is 6.10. The molecule has 0 bridgehead atoms. The van der Waals surface area contributed by atoms with Gasteiger partial charge in [0.25, 0.3) is 0 Å². The Kier molecular flexibility index (Phi) is 26.3. The fourth-order valence-electron chi connectivity index (χ4n) is 12.6. The second kappa shape index (κ2) is 32.0. The molecule has 1 aromatic rings. The van der Waals surface area contributed by atoms with Gasteiger partial charge in [-0.3, -0.25) is 52.7 Å². The van der Waals surface area contributed by atoms with Crippen molar-refractivity contribution in [3.05, 3.63) is 34.3 Å². The molecule has 2 saturated carbocycles. The van der Waals surface area contributed by atoms with Crippen LogP contribution in [0.1, 0.15) is 156 Å². The van der Waals surface area contributed by atoms with Crippen molar-refractivity contribution in [2.75, 3.05) is 68.5 Å². The van der Waals surface area contributed by atoms with E-state index in [2.05, 4.69) is 21.3 Å². The first-order valence-corrected chi connectivity index (χ1v) is 31.9. The van der Waals surface area contributed by atoms with E-state index in [1.807, 2.05) is 20.8 Å². The van der Waals surface area contributed by atoms with E-state index in [1.165, 1.54) is 68.0 Å². The van der Waals surface area contributed by atoms with Crippen molar-refractivity contribution < 1.29 is 65.9 Å². The lowest BCUT2D eigenvalue weighted by atomic mass is 9.75. The molecule has 1 aromatic carbocycles. The summed E-state index contributed by atoms with van der Waals surface area (Å²) in [6, 6.07) is -4.58. The van der Waals surface area contributed by atoms with Crippen LogP contribution in [0.3, 0.4) is 0 Å². The number of amides is 11. The topological polar surface area (TPSA) is 259 Å². The second-order valence-corrected chi connectivity index (χ2v) is 26.6. The monoisotopic (exact) mass is 1280 g/mol. The zero-order chi connectivity index (χ0) is 66.6. The van der Waals surface area contributed by atoms with Crippen molar-refractivity contribution in [2.45, 2.75) is 205 Å². The fraction of sp³-hybridized carbons (Fsp3) is 0.730. The molecule has 8 atom stereocenters. The van der Waals surface area contributed by atoms with Crippen molar-refractivity contribution in [2.24, 2.45) is 23.7 Å². The van der Waals surface area contributed by atoms with E-state index in [1.54, 1.807) is 27.7 Å². The van der Waals surface area contributed by atoms with Gasteiger partial charge in [-0.15, -0.1) is 0 Å².